The molecule has 3 aliphatic heterocycles. The van der Waals surface area contributed by atoms with Crippen molar-refractivity contribution in [1.29, 1.82) is 0 Å². The van der Waals surface area contributed by atoms with Crippen LogP contribution in [0.15, 0.2) is 25.3 Å². The number of hydrogen-bond acceptors (Lipinski definition) is 6. The summed E-state index contributed by atoms with van der Waals surface area (Å²) in [5.74, 6) is -1.61. The fourth-order valence-corrected chi connectivity index (χ4v) is 8.80. The number of amides is 2. The third-order valence-electron chi connectivity index (χ3n) is 7.84. The van der Waals surface area contributed by atoms with Crippen LogP contribution in [0.1, 0.15) is 53.9 Å². The first-order valence-corrected chi connectivity index (χ1v) is 13.7. The minimum absolute atomic E-state index is 0.0581. The largest absolute Gasteiger partial charge is 0.465 e. The van der Waals surface area contributed by atoms with Gasteiger partial charge in [-0.2, -0.15) is 0 Å². The van der Waals surface area contributed by atoms with Gasteiger partial charge in [0, 0.05) is 17.8 Å². The number of fused-ring (bicyclic) bond motifs is 1. The van der Waals surface area contributed by atoms with Crippen LogP contribution in [0.5, 0.6) is 0 Å². The van der Waals surface area contributed by atoms with E-state index in [9.17, 15) is 19.5 Å². The van der Waals surface area contributed by atoms with Crippen molar-refractivity contribution in [2.75, 3.05) is 19.8 Å². The second-order valence-corrected chi connectivity index (χ2v) is 12.4. The molecule has 3 rings (SSSR count). The normalized spacial score (nSPS) is 32.2. The minimum atomic E-state index is -0.741. The molecule has 2 bridgehead atoms. The van der Waals surface area contributed by atoms with E-state index in [0.717, 1.165) is 6.42 Å². The Hall–Kier alpha value is -1.80. The maximum atomic E-state index is 14.3. The lowest BCUT2D eigenvalue weighted by Gasteiger charge is -2.43. The summed E-state index contributed by atoms with van der Waals surface area (Å²) < 4.78 is 4.84. The average Bonchev–Trinajstić information content (AvgIpc) is 3.39. The van der Waals surface area contributed by atoms with Gasteiger partial charge in [0.05, 0.1) is 35.8 Å². The summed E-state index contributed by atoms with van der Waals surface area (Å²) >= 11 is 1.63. The number of thioether (sulfide) groups is 1. The molecule has 0 aromatic carbocycles. The molecule has 3 aliphatic rings. The predicted molar refractivity (Wildman–Crippen MR) is 139 cm³/mol. The molecule has 3 fully saturated rings. The van der Waals surface area contributed by atoms with Crippen molar-refractivity contribution in [3.8, 4) is 0 Å². The van der Waals surface area contributed by atoms with Gasteiger partial charge in [-0.15, -0.1) is 24.9 Å². The minimum Gasteiger partial charge on any atom is -0.465 e. The van der Waals surface area contributed by atoms with Crippen molar-refractivity contribution >= 4 is 29.5 Å². The van der Waals surface area contributed by atoms with Gasteiger partial charge in [-0.05, 0) is 44.9 Å². The van der Waals surface area contributed by atoms with Gasteiger partial charge in [0.2, 0.25) is 11.8 Å². The molecule has 0 radical (unpaired) electrons. The Morgan fingerprint density at radius 3 is 2.51 bits per heavy atom. The predicted octanol–water partition coefficient (Wildman–Crippen LogP) is 3.27. The van der Waals surface area contributed by atoms with Crippen molar-refractivity contribution in [1.82, 2.24) is 9.80 Å². The molecule has 0 aromatic heterocycles. The molecular weight excluding hydrogens is 464 g/mol. The molecule has 0 aliphatic carbocycles. The van der Waals surface area contributed by atoms with Gasteiger partial charge in [-0.3, -0.25) is 14.4 Å². The maximum Gasteiger partial charge on any atom is 0.310 e. The van der Waals surface area contributed by atoms with E-state index in [0.29, 0.717) is 19.4 Å². The van der Waals surface area contributed by atoms with Gasteiger partial charge < -0.3 is 19.6 Å². The summed E-state index contributed by atoms with van der Waals surface area (Å²) in [5, 5.41) is 10.3. The molecule has 3 heterocycles. The summed E-state index contributed by atoms with van der Waals surface area (Å²) in [6.45, 7) is 18.0. The lowest BCUT2D eigenvalue weighted by atomic mass is 9.66. The summed E-state index contributed by atoms with van der Waals surface area (Å²) in [4.78, 5) is 45.1. The molecule has 0 saturated carbocycles. The number of carbonyl (C=O) groups is 3. The Bertz CT molecular complexity index is 845. The quantitative estimate of drug-likeness (QED) is 0.248. The molecule has 7 nitrogen and oxygen atoms in total. The number of hydrogen-bond donors (Lipinski definition) is 1. The summed E-state index contributed by atoms with van der Waals surface area (Å²) in [7, 11) is 0. The van der Waals surface area contributed by atoms with Crippen LogP contribution in [0.4, 0.5) is 0 Å². The third-order valence-corrected chi connectivity index (χ3v) is 9.91. The zero-order valence-electron chi connectivity index (χ0n) is 21.8. The van der Waals surface area contributed by atoms with Gasteiger partial charge in [-0.25, -0.2) is 0 Å². The molecule has 35 heavy (non-hydrogen) atoms. The van der Waals surface area contributed by atoms with Crippen molar-refractivity contribution in [3.63, 3.8) is 0 Å². The van der Waals surface area contributed by atoms with E-state index in [1.165, 1.54) is 0 Å². The number of rotatable bonds is 12. The molecule has 3 unspecified atom stereocenters. The Labute approximate surface area is 214 Å². The Kier molecular flexibility index (Phi) is 8.79. The van der Waals surface area contributed by atoms with E-state index < -0.39 is 28.7 Å². The number of nitrogens with zero attached hydrogens (tertiary/aromatic N) is 2. The van der Waals surface area contributed by atoms with Crippen LogP contribution in [-0.2, 0) is 19.1 Å². The first-order valence-electron chi connectivity index (χ1n) is 12.9. The molecular formula is C27H42N2O5S. The van der Waals surface area contributed by atoms with Crippen molar-refractivity contribution in [2.24, 2.45) is 23.7 Å². The second-order valence-electron chi connectivity index (χ2n) is 10.9. The van der Waals surface area contributed by atoms with Crippen LogP contribution in [0.3, 0.4) is 0 Å². The maximum absolute atomic E-state index is 14.3. The summed E-state index contributed by atoms with van der Waals surface area (Å²) in [6.07, 6.45) is 5.28. The third kappa shape index (κ3) is 4.68. The summed E-state index contributed by atoms with van der Waals surface area (Å²) in [5.41, 5.74) is 0. The fourth-order valence-electron chi connectivity index (χ4n) is 6.41. The van der Waals surface area contributed by atoms with Crippen LogP contribution in [0.25, 0.3) is 0 Å². The molecule has 8 heteroatoms. The highest BCUT2D eigenvalue weighted by Crippen LogP contribution is 2.69. The first-order chi connectivity index (χ1) is 16.6. The highest BCUT2D eigenvalue weighted by Gasteiger charge is 2.77. The Morgan fingerprint density at radius 1 is 1.29 bits per heavy atom. The lowest BCUT2D eigenvalue weighted by Crippen LogP contribution is -2.60. The van der Waals surface area contributed by atoms with Gasteiger partial charge in [0.1, 0.15) is 6.04 Å². The monoisotopic (exact) mass is 506 g/mol. The van der Waals surface area contributed by atoms with Crippen molar-refractivity contribution in [3.05, 3.63) is 25.3 Å². The average molecular weight is 507 g/mol. The van der Waals surface area contributed by atoms with Crippen molar-refractivity contribution < 1.29 is 24.2 Å². The number of ether oxygens (including phenoxy) is 1. The number of carbonyl (C=O) groups excluding carboxylic acids is 3. The van der Waals surface area contributed by atoms with Gasteiger partial charge in [-0.1, -0.05) is 32.9 Å². The molecule has 7 atom stereocenters. The second kappa shape index (κ2) is 11.1. The van der Waals surface area contributed by atoms with Gasteiger partial charge >= 0.3 is 5.97 Å². The molecule has 1 spiro atoms. The highest BCUT2D eigenvalue weighted by atomic mass is 32.2. The van der Waals surface area contributed by atoms with E-state index >= 15 is 0 Å². The molecule has 1 N–H and O–H groups in total. The SMILES string of the molecule is C=CCCOC(=O)[C@@H]1[C@@H]2CC(C)C3(S2)C(C(=O)N(CC=C)C(C)C)N([C@@H](CO)CC(C)C)C(=O)[C@H]13. The molecule has 2 amide bonds. The number of aliphatic hydroxyl groups is 1. The van der Waals surface area contributed by atoms with E-state index in [1.807, 2.05) is 27.7 Å². The zero-order valence-corrected chi connectivity index (χ0v) is 22.6. The van der Waals surface area contributed by atoms with E-state index in [-0.39, 0.29) is 54.1 Å². The standard InChI is InChI=1S/C27H42N2O5S/c1-8-10-12-34-26(33)21-20-14-18(7)27(35-20)22(21)24(31)29(19(15-30)13-16(3)4)23(27)25(32)28(11-9-2)17(5)6/h8-9,16-23,30H,1-2,10-15H2,3-7H3/t18?,19-,20+,21-,22+,23?,27?/m1/s1. The van der Waals surface area contributed by atoms with Gasteiger partial charge in [0.25, 0.3) is 0 Å². The number of likely N-dealkylation sites (tertiary alicyclic amines) is 1. The fraction of sp³-hybridized carbons (Fsp3) is 0.741. The zero-order chi connectivity index (χ0) is 26.1. The highest BCUT2D eigenvalue weighted by molar-refractivity contribution is 8.02. The summed E-state index contributed by atoms with van der Waals surface area (Å²) in [6, 6.07) is -1.31. The smallest absolute Gasteiger partial charge is 0.310 e. The Morgan fingerprint density at radius 2 is 1.97 bits per heavy atom. The van der Waals surface area contributed by atoms with Crippen LogP contribution in [0.2, 0.25) is 0 Å². The van der Waals surface area contributed by atoms with Crippen LogP contribution in [-0.4, -0.2) is 80.6 Å². The molecule has 3 saturated heterocycles. The Balaban J connectivity index is 2.10. The van der Waals surface area contributed by atoms with E-state index in [1.54, 1.807) is 33.7 Å². The van der Waals surface area contributed by atoms with Crippen LogP contribution < -0.4 is 0 Å². The van der Waals surface area contributed by atoms with Crippen LogP contribution >= 0.6 is 11.8 Å². The lowest BCUT2D eigenvalue weighted by molar-refractivity contribution is -0.155. The molecule has 196 valence electrons. The molecule has 0 aromatic rings. The van der Waals surface area contributed by atoms with Gasteiger partial charge in [0.15, 0.2) is 0 Å². The van der Waals surface area contributed by atoms with Crippen molar-refractivity contribution in [2.45, 2.75) is 82.0 Å². The van der Waals surface area contributed by atoms with E-state index in [4.69, 9.17) is 4.74 Å². The van der Waals surface area contributed by atoms with Crippen LogP contribution in [0, 0.1) is 23.7 Å². The van der Waals surface area contributed by atoms with E-state index in [2.05, 4.69) is 20.1 Å². The number of esters is 1. The first kappa shape index (κ1) is 27.8. The topological polar surface area (TPSA) is 87.2 Å². The number of aliphatic hydroxyl groups excluding tert-OH is 1.